The molecule has 1 aromatic carbocycles. The fourth-order valence-corrected chi connectivity index (χ4v) is 1.97. The molecule has 0 fully saturated rings. The smallest absolute Gasteiger partial charge is 0.142 e. The molecule has 0 saturated heterocycles. The van der Waals surface area contributed by atoms with E-state index in [1.54, 1.807) is 0 Å². The van der Waals surface area contributed by atoms with Gasteiger partial charge < -0.3 is 4.74 Å². The van der Waals surface area contributed by atoms with E-state index in [9.17, 15) is 0 Å². The molecule has 0 unspecified atom stereocenters. The maximum Gasteiger partial charge on any atom is 0.142 e. The summed E-state index contributed by atoms with van der Waals surface area (Å²) in [6.45, 7) is 10.4. The van der Waals surface area contributed by atoms with Crippen LogP contribution < -0.4 is 4.74 Å². The van der Waals surface area contributed by atoms with Crippen LogP contribution in [0.4, 0.5) is 0 Å². The van der Waals surface area contributed by atoms with Crippen LogP contribution in [0.5, 0.6) is 5.75 Å². The van der Waals surface area contributed by atoms with Crippen LogP contribution in [0.1, 0.15) is 30.5 Å². The number of aryl methyl sites for hydroxylation is 2. The lowest BCUT2D eigenvalue weighted by Gasteiger charge is -2.33. The third-order valence-electron chi connectivity index (χ3n) is 3.16. The Balaban J connectivity index is 2.36. The summed E-state index contributed by atoms with van der Waals surface area (Å²) < 4.78 is 5.83. The Hall–Kier alpha value is -1.02. The summed E-state index contributed by atoms with van der Waals surface area (Å²) in [5.41, 5.74) is 3.94. The molecule has 0 saturated carbocycles. The molecular weight excluding hydrogens is 186 g/mol. The number of fused-ring (bicyclic) bond motifs is 1. The van der Waals surface area contributed by atoms with Gasteiger partial charge in [-0.3, -0.25) is 4.90 Å². The van der Waals surface area contributed by atoms with E-state index >= 15 is 0 Å². The van der Waals surface area contributed by atoms with Crippen LogP contribution in [0.15, 0.2) is 12.1 Å². The lowest BCUT2D eigenvalue weighted by atomic mass is 10.0. The molecule has 0 aliphatic carbocycles. The fraction of sp³-hybridized carbons (Fsp3) is 0.538. The SMILES string of the molecule is Cc1ccc(C)c2c1CN(C(C)C)CO2. The Morgan fingerprint density at radius 1 is 1.20 bits per heavy atom. The fourth-order valence-electron chi connectivity index (χ4n) is 1.97. The average molecular weight is 205 g/mol. The maximum absolute atomic E-state index is 5.83. The molecule has 2 rings (SSSR count). The van der Waals surface area contributed by atoms with E-state index in [1.807, 2.05) is 0 Å². The number of hydrogen-bond donors (Lipinski definition) is 0. The van der Waals surface area contributed by atoms with Gasteiger partial charge in [-0.15, -0.1) is 0 Å². The minimum absolute atomic E-state index is 0.540. The normalized spacial score (nSPS) is 16.3. The molecule has 82 valence electrons. The molecule has 2 heteroatoms. The lowest BCUT2D eigenvalue weighted by molar-refractivity contribution is 0.0676. The molecular formula is C13H19NO. The number of nitrogens with zero attached hydrogens (tertiary/aromatic N) is 1. The summed E-state index contributed by atoms with van der Waals surface area (Å²) in [5.74, 6) is 1.10. The zero-order valence-electron chi connectivity index (χ0n) is 10.0. The first-order chi connectivity index (χ1) is 7.09. The Morgan fingerprint density at radius 2 is 1.87 bits per heavy atom. The van der Waals surface area contributed by atoms with Gasteiger partial charge in [-0.1, -0.05) is 12.1 Å². The van der Waals surface area contributed by atoms with Crippen molar-refractivity contribution in [2.45, 2.75) is 40.3 Å². The molecule has 0 spiro atoms. The van der Waals surface area contributed by atoms with Crippen molar-refractivity contribution in [1.82, 2.24) is 4.90 Å². The van der Waals surface area contributed by atoms with Crippen molar-refractivity contribution in [3.05, 3.63) is 28.8 Å². The van der Waals surface area contributed by atoms with Crippen molar-refractivity contribution < 1.29 is 4.74 Å². The van der Waals surface area contributed by atoms with E-state index in [0.717, 1.165) is 19.0 Å². The number of hydrogen-bond acceptors (Lipinski definition) is 2. The van der Waals surface area contributed by atoms with Crippen LogP contribution in [-0.4, -0.2) is 17.7 Å². The Labute approximate surface area is 91.9 Å². The quantitative estimate of drug-likeness (QED) is 0.699. The van der Waals surface area contributed by atoms with Gasteiger partial charge in [-0.2, -0.15) is 0 Å². The van der Waals surface area contributed by atoms with Crippen molar-refractivity contribution in [2.75, 3.05) is 6.73 Å². The zero-order valence-corrected chi connectivity index (χ0v) is 10.0. The largest absolute Gasteiger partial charge is 0.477 e. The number of ether oxygens (including phenoxy) is 1. The van der Waals surface area contributed by atoms with E-state index in [2.05, 4.69) is 44.7 Å². The topological polar surface area (TPSA) is 12.5 Å². The summed E-state index contributed by atoms with van der Waals surface area (Å²) in [6.07, 6.45) is 0. The van der Waals surface area contributed by atoms with Gasteiger partial charge in [0.15, 0.2) is 0 Å². The van der Waals surface area contributed by atoms with E-state index in [-0.39, 0.29) is 0 Å². The molecule has 1 aliphatic rings. The van der Waals surface area contributed by atoms with Crippen molar-refractivity contribution >= 4 is 0 Å². The van der Waals surface area contributed by atoms with Gasteiger partial charge in [-0.05, 0) is 38.8 Å². The van der Waals surface area contributed by atoms with Crippen LogP contribution >= 0.6 is 0 Å². The standard InChI is InChI=1S/C13H19NO/c1-9(2)14-7-12-10(3)5-6-11(4)13(12)15-8-14/h5-6,9H,7-8H2,1-4H3. The van der Waals surface area contributed by atoms with Crippen molar-refractivity contribution in [3.8, 4) is 5.75 Å². The molecule has 0 bridgehead atoms. The van der Waals surface area contributed by atoms with Gasteiger partial charge in [0, 0.05) is 18.2 Å². The van der Waals surface area contributed by atoms with E-state index < -0.39 is 0 Å². The first-order valence-electron chi connectivity index (χ1n) is 5.55. The third kappa shape index (κ3) is 1.86. The second-order valence-electron chi connectivity index (χ2n) is 4.62. The van der Waals surface area contributed by atoms with Gasteiger partial charge in [0.1, 0.15) is 12.5 Å². The van der Waals surface area contributed by atoms with Crippen molar-refractivity contribution in [2.24, 2.45) is 0 Å². The molecule has 1 aliphatic heterocycles. The van der Waals surface area contributed by atoms with Crippen LogP contribution in [0.25, 0.3) is 0 Å². The molecule has 1 heterocycles. The molecule has 0 radical (unpaired) electrons. The van der Waals surface area contributed by atoms with Crippen LogP contribution in [-0.2, 0) is 6.54 Å². The first-order valence-corrected chi connectivity index (χ1v) is 5.55. The molecule has 1 aromatic rings. The van der Waals surface area contributed by atoms with Crippen molar-refractivity contribution in [1.29, 1.82) is 0 Å². The Bertz CT molecular complexity index is 371. The first kappa shape index (κ1) is 10.5. The summed E-state index contributed by atoms with van der Waals surface area (Å²) >= 11 is 0. The minimum atomic E-state index is 0.540. The summed E-state index contributed by atoms with van der Waals surface area (Å²) in [5, 5.41) is 0. The van der Waals surface area contributed by atoms with Gasteiger partial charge >= 0.3 is 0 Å². The van der Waals surface area contributed by atoms with E-state index in [4.69, 9.17) is 4.74 Å². The van der Waals surface area contributed by atoms with Crippen molar-refractivity contribution in [3.63, 3.8) is 0 Å². The summed E-state index contributed by atoms with van der Waals surface area (Å²) in [7, 11) is 0. The molecule has 2 nitrogen and oxygen atoms in total. The predicted octanol–water partition coefficient (Wildman–Crippen LogP) is 2.86. The highest BCUT2D eigenvalue weighted by Gasteiger charge is 2.21. The van der Waals surface area contributed by atoms with E-state index in [0.29, 0.717) is 6.04 Å². The molecule has 0 N–H and O–H groups in total. The Morgan fingerprint density at radius 3 is 2.53 bits per heavy atom. The molecule has 15 heavy (non-hydrogen) atoms. The zero-order chi connectivity index (χ0) is 11.0. The van der Waals surface area contributed by atoms with Crippen LogP contribution in [0, 0.1) is 13.8 Å². The van der Waals surface area contributed by atoms with E-state index in [1.165, 1.54) is 16.7 Å². The van der Waals surface area contributed by atoms with Gasteiger partial charge in [0.25, 0.3) is 0 Å². The lowest BCUT2D eigenvalue weighted by Crippen LogP contribution is -2.37. The van der Waals surface area contributed by atoms with Gasteiger partial charge in [0.2, 0.25) is 0 Å². The number of rotatable bonds is 1. The highest BCUT2D eigenvalue weighted by Crippen LogP contribution is 2.31. The van der Waals surface area contributed by atoms with Gasteiger partial charge in [-0.25, -0.2) is 0 Å². The molecule has 0 atom stereocenters. The monoisotopic (exact) mass is 205 g/mol. The molecule has 0 aromatic heterocycles. The second kappa shape index (κ2) is 3.86. The highest BCUT2D eigenvalue weighted by molar-refractivity contribution is 5.46. The Kier molecular flexibility index (Phi) is 2.70. The average Bonchev–Trinajstić information content (AvgIpc) is 2.23. The predicted molar refractivity (Wildman–Crippen MR) is 62.1 cm³/mol. The molecule has 0 amide bonds. The summed E-state index contributed by atoms with van der Waals surface area (Å²) in [4.78, 5) is 2.34. The maximum atomic E-state index is 5.83. The summed E-state index contributed by atoms with van der Waals surface area (Å²) in [6, 6.07) is 4.86. The second-order valence-corrected chi connectivity index (χ2v) is 4.62. The number of benzene rings is 1. The van der Waals surface area contributed by atoms with Gasteiger partial charge in [0.05, 0.1) is 0 Å². The van der Waals surface area contributed by atoms with Crippen LogP contribution in [0.2, 0.25) is 0 Å². The minimum Gasteiger partial charge on any atom is -0.477 e. The third-order valence-corrected chi connectivity index (χ3v) is 3.16. The van der Waals surface area contributed by atoms with Crippen LogP contribution in [0.3, 0.4) is 0 Å². The highest BCUT2D eigenvalue weighted by atomic mass is 16.5.